The van der Waals surface area contributed by atoms with Gasteiger partial charge >= 0.3 is 0 Å². The second-order valence-corrected chi connectivity index (χ2v) is 7.61. The lowest BCUT2D eigenvalue weighted by Gasteiger charge is -2.18. The van der Waals surface area contributed by atoms with Crippen LogP contribution in [-0.2, 0) is 10.0 Å². The van der Waals surface area contributed by atoms with Crippen LogP contribution in [0.3, 0.4) is 0 Å². The molecule has 1 fully saturated rings. The van der Waals surface area contributed by atoms with E-state index in [0.717, 1.165) is 18.8 Å². The Bertz CT molecular complexity index is 839. The van der Waals surface area contributed by atoms with E-state index in [0.29, 0.717) is 11.3 Å². The molecule has 0 spiro atoms. The number of ketones is 1. The van der Waals surface area contributed by atoms with Gasteiger partial charge in [0.25, 0.3) is 10.0 Å². The normalized spacial score (nSPS) is 14.6. The molecule has 2 aromatic rings. The summed E-state index contributed by atoms with van der Waals surface area (Å²) < 4.78 is 27.6. The van der Waals surface area contributed by atoms with Crippen molar-refractivity contribution in [2.75, 3.05) is 22.7 Å². The minimum absolute atomic E-state index is 0.0924. The van der Waals surface area contributed by atoms with Gasteiger partial charge in [0, 0.05) is 24.3 Å². The largest absolute Gasteiger partial charge is 0.371 e. The molecule has 1 N–H and O–H groups in total. The lowest BCUT2D eigenvalue weighted by Crippen LogP contribution is -2.18. The first-order valence-electron chi connectivity index (χ1n) is 7.94. The monoisotopic (exact) mass is 344 g/mol. The summed E-state index contributed by atoms with van der Waals surface area (Å²) in [6.07, 6.45) is 2.33. The Morgan fingerprint density at radius 2 is 1.71 bits per heavy atom. The molecule has 5 nitrogen and oxygen atoms in total. The highest BCUT2D eigenvalue weighted by molar-refractivity contribution is 7.92. The van der Waals surface area contributed by atoms with Crippen molar-refractivity contribution >= 4 is 27.2 Å². The highest BCUT2D eigenvalue weighted by atomic mass is 32.2. The molecular weight excluding hydrogens is 324 g/mol. The summed E-state index contributed by atoms with van der Waals surface area (Å²) in [6.45, 7) is 3.46. The van der Waals surface area contributed by atoms with Gasteiger partial charge in [-0.25, -0.2) is 8.42 Å². The molecule has 0 saturated carbocycles. The van der Waals surface area contributed by atoms with Gasteiger partial charge in [0.15, 0.2) is 5.78 Å². The fraction of sp³-hybridized carbons (Fsp3) is 0.278. The van der Waals surface area contributed by atoms with E-state index in [1.165, 1.54) is 44.0 Å². The minimum Gasteiger partial charge on any atom is -0.371 e. The van der Waals surface area contributed by atoms with Crippen molar-refractivity contribution in [3.05, 3.63) is 54.1 Å². The molecule has 6 heteroatoms. The number of hydrogen-bond acceptors (Lipinski definition) is 4. The Morgan fingerprint density at radius 1 is 1.04 bits per heavy atom. The van der Waals surface area contributed by atoms with Gasteiger partial charge in [-0.3, -0.25) is 9.52 Å². The van der Waals surface area contributed by atoms with Crippen LogP contribution in [0.2, 0.25) is 0 Å². The van der Waals surface area contributed by atoms with Crippen molar-refractivity contribution in [2.45, 2.75) is 24.7 Å². The number of nitrogens with zero attached hydrogens (tertiary/aromatic N) is 1. The van der Waals surface area contributed by atoms with Crippen molar-refractivity contribution in [1.29, 1.82) is 0 Å². The Hall–Kier alpha value is -2.34. The molecule has 0 aromatic heterocycles. The summed E-state index contributed by atoms with van der Waals surface area (Å²) in [5, 5.41) is 0. The van der Waals surface area contributed by atoms with Crippen molar-refractivity contribution in [3.63, 3.8) is 0 Å². The van der Waals surface area contributed by atoms with Crippen molar-refractivity contribution < 1.29 is 13.2 Å². The summed E-state index contributed by atoms with van der Waals surface area (Å²) in [5.41, 5.74) is 2.06. The van der Waals surface area contributed by atoms with E-state index in [4.69, 9.17) is 0 Å². The van der Waals surface area contributed by atoms with Gasteiger partial charge < -0.3 is 4.90 Å². The molecule has 0 bridgehead atoms. The maximum absolute atomic E-state index is 12.5. The molecule has 0 aliphatic carbocycles. The molecule has 1 aliphatic heterocycles. The van der Waals surface area contributed by atoms with Crippen LogP contribution in [0, 0.1) is 0 Å². The summed E-state index contributed by atoms with van der Waals surface area (Å²) >= 11 is 0. The van der Waals surface area contributed by atoms with Crippen LogP contribution in [0.15, 0.2) is 53.4 Å². The van der Waals surface area contributed by atoms with Gasteiger partial charge in [0.1, 0.15) is 0 Å². The molecule has 0 atom stereocenters. The van der Waals surface area contributed by atoms with Gasteiger partial charge in [-0.05, 0) is 50.1 Å². The van der Waals surface area contributed by atoms with E-state index in [9.17, 15) is 13.2 Å². The number of anilines is 2. The fourth-order valence-electron chi connectivity index (χ4n) is 2.82. The molecule has 1 heterocycles. The van der Waals surface area contributed by atoms with Gasteiger partial charge in [-0.1, -0.05) is 18.2 Å². The summed E-state index contributed by atoms with van der Waals surface area (Å²) in [4.78, 5) is 13.7. The smallest absolute Gasteiger partial charge is 0.261 e. The third kappa shape index (κ3) is 3.59. The average Bonchev–Trinajstić information content (AvgIpc) is 3.09. The van der Waals surface area contributed by atoms with Gasteiger partial charge in [0.05, 0.1) is 10.6 Å². The van der Waals surface area contributed by atoms with Crippen molar-refractivity contribution in [2.24, 2.45) is 0 Å². The first-order chi connectivity index (χ1) is 11.5. The zero-order valence-corrected chi connectivity index (χ0v) is 14.3. The second-order valence-electron chi connectivity index (χ2n) is 5.93. The number of rotatable bonds is 5. The Morgan fingerprint density at radius 3 is 2.33 bits per heavy atom. The molecule has 0 radical (unpaired) electrons. The number of carbonyl (C=O) groups excluding carboxylic acids is 1. The topological polar surface area (TPSA) is 66.5 Å². The number of nitrogens with one attached hydrogen (secondary N) is 1. The van der Waals surface area contributed by atoms with Crippen molar-refractivity contribution in [1.82, 2.24) is 0 Å². The fourth-order valence-corrected chi connectivity index (χ4v) is 3.87. The van der Waals surface area contributed by atoms with Crippen LogP contribution in [0.1, 0.15) is 30.1 Å². The third-order valence-electron chi connectivity index (χ3n) is 4.14. The maximum atomic E-state index is 12.5. The summed E-state index contributed by atoms with van der Waals surface area (Å²) in [6, 6.07) is 13.4. The maximum Gasteiger partial charge on any atom is 0.261 e. The highest BCUT2D eigenvalue weighted by Gasteiger charge is 2.16. The zero-order valence-electron chi connectivity index (χ0n) is 13.5. The van der Waals surface area contributed by atoms with Crippen LogP contribution in [-0.4, -0.2) is 27.3 Å². The van der Waals surface area contributed by atoms with E-state index in [2.05, 4.69) is 9.62 Å². The second kappa shape index (κ2) is 6.65. The molecule has 1 saturated heterocycles. The highest BCUT2D eigenvalue weighted by Crippen LogP contribution is 2.25. The first-order valence-corrected chi connectivity index (χ1v) is 9.43. The molecule has 2 aromatic carbocycles. The van der Waals surface area contributed by atoms with E-state index in [1.54, 1.807) is 6.07 Å². The summed E-state index contributed by atoms with van der Waals surface area (Å²) in [5.74, 6) is -0.0924. The average molecular weight is 344 g/mol. The van der Waals surface area contributed by atoms with Gasteiger partial charge in [-0.15, -0.1) is 0 Å². The van der Waals surface area contributed by atoms with Crippen LogP contribution >= 0.6 is 0 Å². The van der Waals surface area contributed by atoms with E-state index in [1.807, 2.05) is 18.2 Å². The standard InChI is InChI=1S/C18H20N2O3S/c1-14(21)15-7-9-18(10-8-15)24(22,23)19-16-5-4-6-17(13-16)20-11-2-3-12-20/h4-10,13,19H,2-3,11-12H2,1H3. The molecule has 0 unspecified atom stereocenters. The van der Waals surface area contributed by atoms with Crippen molar-refractivity contribution in [3.8, 4) is 0 Å². The van der Waals surface area contributed by atoms with Gasteiger partial charge in [-0.2, -0.15) is 0 Å². The van der Waals surface area contributed by atoms with E-state index >= 15 is 0 Å². The van der Waals surface area contributed by atoms with E-state index < -0.39 is 10.0 Å². The minimum atomic E-state index is -3.68. The Kier molecular flexibility index (Phi) is 4.57. The van der Waals surface area contributed by atoms with Crippen LogP contribution in [0.5, 0.6) is 0 Å². The first kappa shape index (κ1) is 16.5. The van der Waals surface area contributed by atoms with Gasteiger partial charge in [0.2, 0.25) is 0 Å². The third-order valence-corrected chi connectivity index (χ3v) is 5.54. The molecule has 1 aliphatic rings. The SMILES string of the molecule is CC(=O)c1ccc(S(=O)(=O)Nc2cccc(N3CCCC3)c2)cc1. The number of hydrogen-bond donors (Lipinski definition) is 1. The number of Topliss-reactive ketones (excluding diaryl/α,β-unsaturated/α-hetero) is 1. The predicted octanol–water partition coefficient (Wildman–Crippen LogP) is 3.29. The molecular formula is C18H20N2O3S. The zero-order chi connectivity index (χ0) is 17.2. The summed E-state index contributed by atoms with van der Waals surface area (Å²) in [7, 11) is -3.68. The van der Waals surface area contributed by atoms with Crippen LogP contribution in [0.4, 0.5) is 11.4 Å². The molecule has 0 amide bonds. The van der Waals surface area contributed by atoms with Crippen LogP contribution in [0.25, 0.3) is 0 Å². The quantitative estimate of drug-likeness (QED) is 0.845. The predicted molar refractivity (Wildman–Crippen MR) is 95.1 cm³/mol. The Labute approximate surface area is 142 Å². The number of sulfonamides is 1. The number of carbonyl (C=O) groups is 1. The lowest BCUT2D eigenvalue weighted by molar-refractivity contribution is 0.101. The Balaban J connectivity index is 1.81. The van der Waals surface area contributed by atoms with Crippen LogP contribution < -0.4 is 9.62 Å². The molecule has 126 valence electrons. The molecule has 24 heavy (non-hydrogen) atoms. The number of benzene rings is 2. The van der Waals surface area contributed by atoms with E-state index in [-0.39, 0.29) is 10.7 Å². The lowest BCUT2D eigenvalue weighted by atomic mass is 10.2. The molecule has 3 rings (SSSR count).